The van der Waals surface area contributed by atoms with Gasteiger partial charge >= 0.3 is 11.9 Å². The Morgan fingerprint density at radius 2 is 1.91 bits per heavy atom. The van der Waals surface area contributed by atoms with E-state index in [2.05, 4.69) is 20.8 Å². The number of hydrogen-bond acceptors (Lipinski definition) is 8. The first kappa shape index (κ1) is 19.9. The number of anilines is 1. The number of aromatic carboxylic acids is 1. The van der Waals surface area contributed by atoms with Crippen LogP contribution in [0.1, 0.15) is 28.9 Å². The van der Waals surface area contributed by atoms with Crippen LogP contribution in [0.3, 0.4) is 0 Å². The topological polar surface area (TPSA) is 119 Å². The molecule has 2 aromatic heterocycles. The Hall–Kier alpha value is -4.05. The van der Waals surface area contributed by atoms with Crippen molar-refractivity contribution in [2.75, 3.05) is 12.4 Å². The highest BCUT2D eigenvalue weighted by molar-refractivity contribution is 7.22. The molecule has 5 rings (SSSR count). The summed E-state index contributed by atoms with van der Waals surface area (Å²) >= 11 is 1.56. The number of tetrazole rings is 1. The number of nitrogens with zero attached hydrogens (tertiary/aromatic N) is 4. The van der Waals surface area contributed by atoms with Gasteiger partial charge in [0.15, 0.2) is 0 Å². The summed E-state index contributed by atoms with van der Waals surface area (Å²) in [6, 6.07) is 13.9. The average Bonchev–Trinajstić information content (AvgIpc) is 3.42. The maximum absolute atomic E-state index is 12.9. The van der Waals surface area contributed by atoms with Gasteiger partial charge in [-0.2, -0.15) is 4.68 Å². The molecule has 0 fully saturated rings. The Morgan fingerprint density at radius 1 is 1.16 bits per heavy atom. The highest BCUT2D eigenvalue weighted by Crippen LogP contribution is 2.47. The second-order valence-corrected chi connectivity index (χ2v) is 8.28. The second kappa shape index (κ2) is 7.57. The van der Waals surface area contributed by atoms with Crippen molar-refractivity contribution in [2.24, 2.45) is 0 Å². The number of methoxy groups -OCH3 is 1. The first-order valence-corrected chi connectivity index (χ1v) is 10.5. The predicted octanol–water partition coefficient (Wildman–Crippen LogP) is 3.71. The number of nitrogens with one attached hydrogen (secondary N) is 1. The molecule has 1 aliphatic rings. The minimum absolute atomic E-state index is 0.201. The summed E-state index contributed by atoms with van der Waals surface area (Å²) in [7, 11) is 1.34. The molecule has 0 radical (unpaired) electrons. The third kappa shape index (κ3) is 3.04. The van der Waals surface area contributed by atoms with Crippen molar-refractivity contribution in [3.8, 4) is 10.4 Å². The van der Waals surface area contributed by atoms with Crippen molar-refractivity contribution < 1.29 is 19.4 Å². The lowest BCUT2D eigenvalue weighted by Gasteiger charge is -2.27. The molecule has 1 atom stereocenters. The van der Waals surface area contributed by atoms with E-state index < -0.39 is 18.0 Å². The number of ether oxygens (including phenoxy) is 1. The van der Waals surface area contributed by atoms with Crippen molar-refractivity contribution in [3.05, 3.63) is 70.9 Å². The number of carboxylic acid groups (broad SMARTS) is 1. The zero-order chi connectivity index (χ0) is 22.4. The van der Waals surface area contributed by atoms with Gasteiger partial charge < -0.3 is 15.2 Å². The second-order valence-electron chi connectivity index (χ2n) is 7.23. The maximum Gasteiger partial charge on any atom is 0.338 e. The van der Waals surface area contributed by atoms with Crippen LogP contribution in [0.2, 0.25) is 0 Å². The summed E-state index contributed by atoms with van der Waals surface area (Å²) in [5, 5.41) is 25.3. The number of thiophene rings is 1. The van der Waals surface area contributed by atoms with Gasteiger partial charge in [-0.1, -0.05) is 35.4 Å². The number of carbonyl (C=O) groups excluding carboxylic acids is 1. The Bertz CT molecular complexity index is 1400. The van der Waals surface area contributed by atoms with Crippen molar-refractivity contribution in [2.45, 2.75) is 13.0 Å². The minimum Gasteiger partial charge on any atom is -0.478 e. The minimum atomic E-state index is -0.990. The fourth-order valence-electron chi connectivity index (χ4n) is 3.97. The lowest BCUT2D eigenvalue weighted by molar-refractivity contribution is -0.136. The van der Waals surface area contributed by atoms with Gasteiger partial charge in [0.25, 0.3) is 0 Å². The Labute approximate surface area is 185 Å². The number of fused-ring (bicyclic) bond motifs is 2. The molecule has 2 aromatic carbocycles. The van der Waals surface area contributed by atoms with E-state index in [1.54, 1.807) is 47.2 Å². The number of aromatic nitrogens is 4. The summed E-state index contributed by atoms with van der Waals surface area (Å²) in [4.78, 5) is 25.1. The first-order chi connectivity index (χ1) is 15.5. The molecule has 160 valence electrons. The van der Waals surface area contributed by atoms with Crippen molar-refractivity contribution in [1.82, 2.24) is 20.2 Å². The first-order valence-electron chi connectivity index (χ1n) is 9.68. The Morgan fingerprint density at radius 3 is 2.62 bits per heavy atom. The molecule has 32 heavy (non-hydrogen) atoms. The van der Waals surface area contributed by atoms with E-state index in [9.17, 15) is 14.7 Å². The van der Waals surface area contributed by atoms with Crippen LogP contribution < -0.4 is 5.32 Å². The quantitative estimate of drug-likeness (QED) is 0.455. The molecule has 0 saturated carbocycles. The van der Waals surface area contributed by atoms with Crippen molar-refractivity contribution in [1.29, 1.82) is 0 Å². The van der Waals surface area contributed by atoms with Gasteiger partial charge in [0.1, 0.15) is 6.04 Å². The van der Waals surface area contributed by atoms with E-state index in [1.807, 2.05) is 24.3 Å². The van der Waals surface area contributed by atoms with Crippen LogP contribution in [0.15, 0.2) is 59.8 Å². The summed E-state index contributed by atoms with van der Waals surface area (Å²) in [6.45, 7) is 1.79. The van der Waals surface area contributed by atoms with Gasteiger partial charge in [0, 0.05) is 20.8 Å². The molecule has 0 aliphatic carbocycles. The van der Waals surface area contributed by atoms with Gasteiger partial charge in [-0.15, -0.1) is 11.3 Å². The number of esters is 1. The van der Waals surface area contributed by atoms with Gasteiger partial charge in [-0.3, -0.25) is 0 Å². The SMILES string of the molecule is COC(=O)C1=C(C)Nc2nnnn2C1c1c(-c2ccc(C(=O)O)cc2)sc2ccccc12. The molecule has 0 amide bonds. The lowest BCUT2D eigenvalue weighted by atomic mass is 9.91. The highest BCUT2D eigenvalue weighted by atomic mass is 32.1. The fourth-order valence-corrected chi connectivity index (χ4v) is 5.21. The molecular formula is C22H17N5O4S. The number of carbonyl (C=O) groups is 2. The normalized spacial score (nSPS) is 15.4. The van der Waals surface area contributed by atoms with Crippen LogP contribution in [0.5, 0.6) is 0 Å². The van der Waals surface area contributed by atoms with E-state index in [0.717, 1.165) is 26.1 Å². The number of hydrogen-bond donors (Lipinski definition) is 2. The monoisotopic (exact) mass is 447 g/mol. The summed E-state index contributed by atoms with van der Waals surface area (Å²) in [5.41, 5.74) is 2.89. The van der Waals surface area contributed by atoms with Crippen molar-refractivity contribution >= 4 is 39.3 Å². The number of benzene rings is 2. The zero-order valence-corrected chi connectivity index (χ0v) is 17.9. The molecule has 10 heteroatoms. The van der Waals surface area contributed by atoms with Crippen LogP contribution in [0, 0.1) is 0 Å². The van der Waals surface area contributed by atoms with E-state index >= 15 is 0 Å². The van der Waals surface area contributed by atoms with Gasteiger partial charge in [-0.25, -0.2) is 9.59 Å². The van der Waals surface area contributed by atoms with E-state index in [4.69, 9.17) is 4.74 Å². The average molecular weight is 447 g/mol. The number of rotatable bonds is 4. The standard InChI is InChI=1S/C22H17N5O4S/c1-11-16(21(30)31-2)18(27-22(23-11)24-25-26-27)17-14-5-3-4-6-15(14)32-19(17)12-7-9-13(10-8-12)20(28)29/h3-10,18H,1-2H3,(H,28,29)(H,23,24,26). The molecular weight excluding hydrogens is 430 g/mol. The molecule has 2 N–H and O–H groups in total. The summed E-state index contributed by atoms with van der Waals surface area (Å²) in [5.74, 6) is -1.05. The van der Waals surface area contributed by atoms with E-state index in [0.29, 0.717) is 17.2 Å². The van der Waals surface area contributed by atoms with Crippen LogP contribution >= 0.6 is 11.3 Å². The predicted molar refractivity (Wildman–Crippen MR) is 119 cm³/mol. The third-order valence-corrected chi connectivity index (χ3v) is 6.66. The molecule has 0 saturated heterocycles. The molecule has 0 spiro atoms. The zero-order valence-electron chi connectivity index (χ0n) is 17.1. The molecule has 4 aromatic rings. The van der Waals surface area contributed by atoms with Crippen molar-refractivity contribution in [3.63, 3.8) is 0 Å². The summed E-state index contributed by atoms with van der Waals surface area (Å²) in [6.07, 6.45) is 0. The smallest absolute Gasteiger partial charge is 0.338 e. The third-order valence-electron chi connectivity index (χ3n) is 5.42. The van der Waals surface area contributed by atoms with E-state index in [1.165, 1.54) is 7.11 Å². The largest absolute Gasteiger partial charge is 0.478 e. The van der Waals surface area contributed by atoms with Gasteiger partial charge in [-0.05, 0) is 46.5 Å². The van der Waals surface area contributed by atoms with Crippen LogP contribution in [-0.4, -0.2) is 44.4 Å². The number of allylic oxidation sites excluding steroid dienone is 1. The summed E-state index contributed by atoms with van der Waals surface area (Å²) < 4.78 is 7.69. The molecule has 0 bridgehead atoms. The number of carboxylic acids is 1. The van der Waals surface area contributed by atoms with Crippen LogP contribution in [0.4, 0.5) is 5.95 Å². The molecule has 3 heterocycles. The Balaban J connectivity index is 1.81. The van der Waals surface area contributed by atoms with E-state index in [-0.39, 0.29) is 5.56 Å². The fraction of sp³-hybridized carbons (Fsp3) is 0.136. The highest BCUT2D eigenvalue weighted by Gasteiger charge is 2.37. The van der Waals surface area contributed by atoms with Gasteiger partial charge in [0.05, 0.1) is 18.2 Å². The molecule has 1 unspecified atom stereocenters. The van der Waals surface area contributed by atoms with Gasteiger partial charge in [0.2, 0.25) is 5.95 Å². The molecule has 1 aliphatic heterocycles. The van der Waals surface area contributed by atoms with Crippen LogP contribution in [0.25, 0.3) is 20.5 Å². The van der Waals surface area contributed by atoms with Crippen LogP contribution in [-0.2, 0) is 9.53 Å². The lowest BCUT2D eigenvalue weighted by Crippen LogP contribution is -2.29. The Kier molecular flexibility index (Phi) is 4.71. The molecule has 9 nitrogen and oxygen atoms in total. The maximum atomic E-state index is 12.9.